The van der Waals surface area contributed by atoms with Crippen molar-refractivity contribution in [2.75, 3.05) is 25.1 Å². The number of para-hydroxylation sites is 1. The van der Waals surface area contributed by atoms with E-state index in [2.05, 4.69) is 36.9 Å². The highest BCUT2D eigenvalue weighted by Crippen LogP contribution is 2.22. The lowest BCUT2D eigenvalue weighted by molar-refractivity contribution is -0.142. The van der Waals surface area contributed by atoms with Crippen LogP contribution in [-0.4, -0.2) is 136 Å². The first kappa shape index (κ1) is 56.1. The molecule has 1 fully saturated rings. The Bertz CT molecular complexity index is 2000. The number of carbonyl (C=O) groups excluding carboxylic acids is 7. The molecule has 20 heteroatoms. The van der Waals surface area contributed by atoms with Gasteiger partial charge < -0.3 is 58.4 Å². The second-order valence-electron chi connectivity index (χ2n) is 18.4. The van der Waals surface area contributed by atoms with Crippen molar-refractivity contribution in [2.45, 2.75) is 155 Å². The molecule has 3 rings (SSSR count). The Labute approximate surface area is 398 Å². The Morgan fingerprint density at radius 3 is 2.04 bits per heavy atom. The lowest BCUT2D eigenvalue weighted by atomic mass is 9.96. The summed E-state index contributed by atoms with van der Waals surface area (Å²) in [6.45, 7) is 13.1. The van der Waals surface area contributed by atoms with Crippen molar-refractivity contribution in [3.8, 4) is 0 Å². The maximum atomic E-state index is 14.5. The summed E-state index contributed by atoms with van der Waals surface area (Å²) in [4.78, 5) is 114. The van der Waals surface area contributed by atoms with Gasteiger partial charge in [-0.2, -0.15) is 11.8 Å². The monoisotopic (exact) mass is 957 g/mol. The van der Waals surface area contributed by atoms with Crippen molar-refractivity contribution >= 4 is 70.0 Å². The zero-order valence-electron chi connectivity index (χ0n) is 40.4. The molecule has 374 valence electrons. The van der Waals surface area contributed by atoms with Crippen LogP contribution in [0.4, 0.5) is 0 Å². The second kappa shape index (κ2) is 27.6. The molecule has 1 aromatic heterocycles. The van der Waals surface area contributed by atoms with Crippen LogP contribution in [0, 0.1) is 17.8 Å². The Balaban J connectivity index is 1.91. The SMILES string of the molecule is CC[C@H](C)[C@H](NC(=O)[C@@H]1CCCN1C(=O)[C@@H](N)C(C)C)C(=O)N[C@@H](CCCCN)C(=O)N[C@@H](Cc1c[nH]c2ccccc12)C(=O)N[C@@H](CCSC)C(=O)N[C@@H](C)C(=O)N[C@@H](CC(C)C)C(=O)O. The van der Waals surface area contributed by atoms with Gasteiger partial charge in [-0.15, -0.1) is 0 Å². The van der Waals surface area contributed by atoms with Crippen molar-refractivity contribution < 1.29 is 43.5 Å². The number of hydrogen-bond donors (Lipinski definition) is 10. The van der Waals surface area contributed by atoms with E-state index >= 15 is 0 Å². The number of nitrogens with one attached hydrogen (secondary N) is 7. The minimum atomic E-state index is -1.27. The molecule has 1 saturated heterocycles. The van der Waals surface area contributed by atoms with Crippen LogP contribution in [-0.2, 0) is 44.8 Å². The zero-order chi connectivity index (χ0) is 50.0. The fourth-order valence-corrected chi connectivity index (χ4v) is 8.37. The molecule has 0 radical (unpaired) electrons. The van der Waals surface area contributed by atoms with Crippen molar-refractivity contribution in [2.24, 2.45) is 29.2 Å². The van der Waals surface area contributed by atoms with Crippen LogP contribution in [0.3, 0.4) is 0 Å². The second-order valence-corrected chi connectivity index (χ2v) is 19.4. The topological polar surface area (TPSA) is 300 Å². The first-order valence-corrected chi connectivity index (χ1v) is 25.0. The van der Waals surface area contributed by atoms with Gasteiger partial charge in [0, 0.05) is 30.1 Å². The van der Waals surface area contributed by atoms with E-state index in [0.29, 0.717) is 56.5 Å². The van der Waals surface area contributed by atoms with E-state index in [1.807, 2.05) is 65.1 Å². The molecular weight excluding hydrogens is 881 g/mol. The highest BCUT2D eigenvalue weighted by atomic mass is 32.2. The number of fused-ring (bicyclic) bond motifs is 1. The number of carboxylic acid groups (broad SMARTS) is 1. The quantitative estimate of drug-likeness (QED) is 0.0545. The number of rotatable bonds is 28. The molecule has 12 N–H and O–H groups in total. The number of aromatic amines is 1. The molecule has 0 saturated carbocycles. The van der Waals surface area contributed by atoms with E-state index in [-0.39, 0.29) is 49.3 Å². The number of thioether (sulfide) groups is 1. The maximum absolute atomic E-state index is 14.5. The number of benzene rings is 1. The molecule has 0 unspecified atom stereocenters. The largest absolute Gasteiger partial charge is 0.480 e. The van der Waals surface area contributed by atoms with E-state index in [0.717, 1.165) is 10.9 Å². The molecule has 2 aromatic rings. The number of hydrogen-bond acceptors (Lipinski definition) is 11. The molecule has 67 heavy (non-hydrogen) atoms. The summed E-state index contributed by atoms with van der Waals surface area (Å²) in [5, 5.41) is 26.9. The first-order valence-electron chi connectivity index (χ1n) is 23.6. The molecule has 1 aromatic carbocycles. The van der Waals surface area contributed by atoms with E-state index in [1.165, 1.54) is 23.6 Å². The minimum absolute atomic E-state index is 0.0181. The van der Waals surface area contributed by atoms with E-state index in [9.17, 15) is 43.5 Å². The summed E-state index contributed by atoms with van der Waals surface area (Å²) in [5.41, 5.74) is 13.5. The molecule has 0 aliphatic carbocycles. The molecule has 1 aliphatic rings. The van der Waals surface area contributed by atoms with Crippen LogP contribution < -0.4 is 43.4 Å². The van der Waals surface area contributed by atoms with Gasteiger partial charge in [0.05, 0.1) is 6.04 Å². The molecule has 9 atom stereocenters. The van der Waals surface area contributed by atoms with Crippen LogP contribution in [0.15, 0.2) is 30.5 Å². The van der Waals surface area contributed by atoms with Gasteiger partial charge in [-0.1, -0.05) is 66.2 Å². The van der Waals surface area contributed by atoms with Gasteiger partial charge in [0.15, 0.2) is 0 Å². The normalized spacial score (nSPS) is 17.4. The lowest BCUT2D eigenvalue weighted by Gasteiger charge is -2.31. The summed E-state index contributed by atoms with van der Waals surface area (Å²) < 4.78 is 0. The van der Waals surface area contributed by atoms with Gasteiger partial charge in [-0.3, -0.25) is 33.6 Å². The number of carbonyl (C=O) groups is 8. The number of H-pyrrole nitrogens is 1. The van der Waals surface area contributed by atoms with Crippen LogP contribution in [0.1, 0.15) is 105 Å². The standard InChI is InChI=1S/C47H76N10O9S/c1-9-28(6)39(56-44(62)37-18-14-21-57(37)46(64)38(49)27(4)5)45(63)53-33(17-12-13-20-48)42(60)54-35(24-30-25-50-32-16-11-10-15-31(30)32)43(61)52-34(19-22-67-8)41(59)51-29(7)40(58)55-36(47(65)66)23-26(2)3/h10-11,15-16,25-29,33-39,50H,9,12-14,17-24,48-49H2,1-8H3,(H,51,59)(H,52,61)(H,53,63)(H,54,60)(H,55,58)(H,56,62)(H,65,66)/t28-,29-,33-,34-,35-,36-,37-,38-,39-/m0/s1. The summed E-state index contributed by atoms with van der Waals surface area (Å²) in [5.74, 6) is -5.52. The number of likely N-dealkylation sites (tertiary alicyclic amines) is 1. The van der Waals surface area contributed by atoms with Crippen molar-refractivity contribution in [3.63, 3.8) is 0 Å². The highest BCUT2D eigenvalue weighted by Gasteiger charge is 2.40. The smallest absolute Gasteiger partial charge is 0.326 e. The number of aromatic nitrogens is 1. The third-order valence-electron chi connectivity index (χ3n) is 12.3. The number of unbranched alkanes of at least 4 members (excludes halogenated alkanes) is 1. The Morgan fingerprint density at radius 2 is 1.42 bits per heavy atom. The molecule has 0 spiro atoms. The van der Waals surface area contributed by atoms with Gasteiger partial charge in [-0.05, 0) is 99.8 Å². The predicted octanol–water partition coefficient (Wildman–Crippen LogP) is 1.67. The first-order chi connectivity index (χ1) is 31.7. The molecule has 1 aliphatic heterocycles. The number of amides is 7. The fourth-order valence-electron chi connectivity index (χ4n) is 7.90. The number of nitrogens with two attached hydrogens (primary N) is 2. The Morgan fingerprint density at radius 1 is 0.806 bits per heavy atom. The van der Waals surface area contributed by atoms with Crippen molar-refractivity contribution in [3.05, 3.63) is 36.0 Å². The summed E-state index contributed by atoms with van der Waals surface area (Å²) in [7, 11) is 0. The molecule has 19 nitrogen and oxygen atoms in total. The van der Waals surface area contributed by atoms with Crippen molar-refractivity contribution in [1.82, 2.24) is 41.8 Å². The van der Waals surface area contributed by atoms with Crippen LogP contribution >= 0.6 is 11.8 Å². The minimum Gasteiger partial charge on any atom is -0.480 e. The van der Waals surface area contributed by atoms with Crippen LogP contribution in [0.25, 0.3) is 10.9 Å². The Kier molecular flexibility index (Phi) is 23.1. The lowest BCUT2D eigenvalue weighted by Crippen LogP contribution is -2.61. The molecular formula is C47H76N10O9S. The average Bonchev–Trinajstić information content (AvgIpc) is 3.95. The zero-order valence-corrected chi connectivity index (χ0v) is 41.3. The fraction of sp³-hybridized carbons (Fsp3) is 0.660. The third-order valence-corrected chi connectivity index (χ3v) is 12.9. The van der Waals surface area contributed by atoms with Crippen molar-refractivity contribution in [1.29, 1.82) is 0 Å². The molecule has 7 amide bonds. The summed E-state index contributed by atoms with van der Waals surface area (Å²) >= 11 is 1.43. The van der Waals surface area contributed by atoms with Crippen LogP contribution in [0.2, 0.25) is 0 Å². The third kappa shape index (κ3) is 16.8. The Hall–Kier alpha value is -5.21. The van der Waals surface area contributed by atoms with Gasteiger partial charge in [-0.25, -0.2) is 4.79 Å². The van der Waals surface area contributed by atoms with E-state index in [4.69, 9.17) is 11.5 Å². The van der Waals surface area contributed by atoms with Gasteiger partial charge in [0.2, 0.25) is 41.4 Å². The van der Waals surface area contributed by atoms with Crippen LogP contribution in [0.5, 0.6) is 0 Å². The van der Waals surface area contributed by atoms with Gasteiger partial charge in [0.25, 0.3) is 0 Å². The summed E-state index contributed by atoms with van der Waals surface area (Å²) in [6.07, 6.45) is 6.50. The molecule has 0 bridgehead atoms. The van der Waals surface area contributed by atoms with E-state index < -0.39 is 89.7 Å². The maximum Gasteiger partial charge on any atom is 0.326 e. The molecule has 2 heterocycles. The number of nitrogens with zero attached hydrogens (tertiary/aromatic N) is 1. The van der Waals surface area contributed by atoms with E-state index in [1.54, 1.807) is 13.1 Å². The number of carboxylic acids is 1. The number of aliphatic carboxylic acids is 1. The predicted molar refractivity (Wildman–Crippen MR) is 259 cm³/mol. The van der Waals surface area contributed by atoms with Gasteiger partial charge in [0.1, 0.15) is 42.3 Å². The highest BCUT2D eigenvalue weighted by molar-refractivity contribution is 7.98. The van der Waals surface area contributed by atoms with Gasteiger partial charge >= 0.3 is 5.97 Å². The average molecular weight is 957 g/mol. The summed E-state index contributed by atoms with van der Waals surface area (Å²) in [6, 6.07) is -1.16.